The first-order valence-electron chi connectivity index (χ1n) is 3.42. The molecule has 0 aliphatic rings. The van der Waals surface area contributed by atoms with Gasteiger partial charge in [0.1, 0.15) is 0 Å². The van der Waals surface area contributed by atoms with Crippen molar-refractivity contribution in [1.82, 2.24) is 9.97 Å². The SMILES string of the molecule is NC=O.c1ccc2[nH]cnc2c1. The summed E-state index contributed by atoms with van der Waals surface area (Å²) in [5.41, 5.74) is 6.29. The fourth-order valence-electron chi connectivity index (χ4n) is 0.880. The summed E-state index contributed by atoms with van der Waals surface area (Å²) in [6.07, 6.45) is 1.95. The number of benzene rings is 1. The van der Waals surface area contributed by atoms with E-state index >= 15 is 0 Å². The van der Waals surface area contributed by atoms with E-state index in [1.807, 2.05) is 24.3 Å². The first-order chi connectivity index (χ1) is 5.88. The Kier molecular flexibility index (Phi) is 2.84. The predicted molar refractivity (Wildman–Crippen MR) is 46.3 cm³/mol. The van der Waals surface area contributed by atoms with Crippen LogP contribution in [0, 0.1) is 0 Å². The molecular weight excluding hydrogens is 154 g/mol. The monoisotopic (exact) mass is 163 g/mol. The minimum absolute atomic E-state index is 0.250. The zero-order chi connectivity index (χ0) is 8.81. The van der Waals surface area contributed by atoms with E-state index in [0.717, 1.165) is 11.0 Å². The maximum atomic E-state index is 8.58. The highest BCUT2D eigenvalue weighted by Gasteiger charge is 1.88. The van der Waals surface area contributed by atoms with Gasteiger partial charge in [-0.25, -0.2) is 4.98 Å². The zero-order valence-electron chi connectivity index (χ0n) is 6.40. The fraction of sp³-hybridized carbons (Fsp3) is 0. The summed E-state index contributed by atoms with van der Waals surface area (Å²) >= 11 is 0. The van der Waals surface area contributed by atoms with Gasteiger partial charge in [0.2, 0.25) is 6.41 Å². The second kappa shape index (κ2) is 4.12. The number of carbonyl (C=O) groups excluding carboxylic acids is 1. The smallest absolute Gasteiger partial charge is 0.204 e. The molecule has 62 valence electrons. The number of nitrogens with zero attached hydrogens (tertiary/aromatic N) is 1. The summed E-state index contributed by atoms with van der Waals surface area (Å²) in [5, 5.41) is 0. The van der Waals surface area contributed by atoms with Gasteiger partial charge in [-0.3, -0.25) is 4.79 Å². The number of imidazole rings is 1. The minimum atomic E-state index is 0.250. The van der Waals surface area contributed by atoms with Crippen LogP contribution < -0.4 is 5.73 Å². The highest BCUT2D eigenvalue weighted by molar-refractivity contribution is 5.73. The molecule has 0 unspecified atom stereocenters. The summed E-state index contributed by atoms with van der Waals surface area (Å²) in [6.45, 7) is 0. The third-order valence-electron chi connectivity index (χ3n) is 1.33. The molecule has 1 aromatic heterocycles. The summed E-state index contributed by atoms with van der Waals surface area (Å²) < 4.78 is 0. The molecule has 2 aromatic rings. The normalized spacial score (nSPS) is 8.67. The van der Waals surface area contributed by atoms with E-state index in [2.05, 4.69) is 15.7 Å². The maximum absolute atomic E-state index is 8.58. The van der Waals surface area contributed by atoms with Gasteiger partial charge in [-0.2, -0.15) is 0 Å². The number of rotatable bonds is 0. The number of primary amides is 1. The van der Waals surface area contributed by atoms with Crippen LogP contribution in [0.15, 0.2) is 30.6 Å². The number of hydrogen-bond donors (Lipinski definition) is 2. The molecule has 0 saturated heterocycles. The van der Waals surface area contributed by atoms with Gasteiger partial charge in [0.05, 0.1) is 17.4 Å². The van der Waals surface area contributed by atoms with Gasteiger partial charge < -0.3 is 10.7 Å². The van der Waals surface area contributed by atoms with Gasteiger partial charge in [0, 0.05) is 0 Å². The van der Waals surface area contributed by atoms with Crippen molar-refractivity contribution in [2.75, 3.05) is 0 Å². The van der Waals surface area contributed by atoms with Gasteiger partial charge in [-0.1, -0.05) is 12.1 Å². The van der Waals surface area contributed by atoms with E-state index in [0.29, 0.717) is 0 Å². The van der Waals surface area contributed by atoms with Crippen molar-refractivity contribution in [2.45, 2.75) is 0 Å². The number of para-hydroxylation sites is 2. The number of aromatic nitrogens is 2. The topological polar surface area (TPSA) is 71.8 Å². The van der Waals surface area contributed by atoms with Crippen LogP contribution in [0.25, 0.3) is 11.0 Å². The Hall–Kier alpha value is -1.84. The number of nitrogens with one attached hydrogen (secondary N) is 1. The van der Waals surface area contributed by atoms with Crippen molar-refractivity contribution < 1.29 is 4.79 Å². The first kappa shape index (κ1) is 8.26. The Morgan fingerprint density at radius 2 is 2.08 bits per heavy atom. The lowest BCUT2D eigenvalue weighted by Gasteiger charge is -1.81. The zero-order valence-corrected chi connectivity index (χ0v) is 6.40. The average Bonchev–Trinajstić information content (AvgIpc) is 2.52. The highest BCUT2D eigenvalue weighted by Crippen LogP contribution is 2.05. The lowest BCUT2D eigenvalue weighted by Crippen LogP contribution is -1.82. The van der Waals surface area contributed by atoms with Gasteiger partial charge in [-0.05, 0) is 12.1 Å². The van der Waals surface area contributed by atoms with Crippen LogP contribution in [0.4, 0.5) is 0 Å². The van der Waals surface area contributed by atoms with Gasteiger partial charge in [0.25, 0.3) is 0 Å². The fourth-order valence-corrected chi connectivity index (χ4v) is 0.880. The number of nitrogens with two attached hydrogens (primary N) is 1. The number of carbonyl (C=O) groups is 1. The number of amides is 1. The van der Waals surface area contributed by atoms with E-state index in [4.69, 9.17) is 4.79 Å². The minimum Gasteiger partial charge on any atom is -0.372 e. The van der Waals surface area contributed by atoms with Gasteiger partial charge in [-0.15, -0.1) is 0 Å². The molecule has 12 heavy (non-hydrogen) atoms. The van der Waals surface area contributed by atoms with E-state index < -0.39 is 0 Å². The number of fused-ring (bicyclic) bond motifs is 1. The largest absolute Gasteiger partial charge is 0.372 e. The number of H-pyrrole nitrogens is 1. The van der Waals surface area contributed by atoms with Crippen LogP contribution in [0.3, 0.4) is 0 Å². The standard InChI is InChI=1S/C7H6N2.CH3NO/c1-2-4-7-6(3-1)8-5-9-7;2-1-3/h1-5H,(H,8,9);1H,(H2,2,3). The molecule has 1 amide bonds. The second-order valence-electron chi connectivity index (χ2n) is 2.06. The van der Waals surface area contributed by atoms with Crippen molar-refractivity contribution in [3.63, 3.8) is 0 Å². The third kappa shape index (κ3) is 1.82. The van der Waals surface area contributed by atoms with Gasteiger partial charge in [0.15, 0.2) is 0 Å². The number of aromatic amines is 1. The van der Waals surface area contributed by atoms with E-state index in [-0.39, 0.29) is 6.41 Å². The first-order valence-corrected chi connectivity index (χ1v) is 3.42. The van der Waals surface area contributed by atoms with Crippen molar-refractivity contribution in [2.24, 2.45) is 5.73 Å². The quantitative estimate of drug-likeness (QED) is 0.560. The summed E-state index contributed by atoms with van der Waals surface area (Å²) in [4.78, 5) is 15.7. The molecule has 0 atom stereocenters. The Morgan fingerprint density at radius 1 is 1.42 bits per heavy atom. The molecular formula is C8H9N3O. The molecule has 0 saturated carbocycles. The van der Waals surface area contributed by atoms with E-state index in [1.54, 1.807) is 6.33 Å². The summed E-state index contributed by atoms with van der Waals surface area (Å²) in [5.74, 6) is 0. The lowest BCUT2D eigenvalue weighted by molar-refractivity contribution is -0.106. The summed E-state index contributed by atoms with van der Waals surface area (Å²) in [6, 6.07) is 7.94. The molecule has 0 radical (unpaired) electrons. The Morgan fingerprint density at radius 3 is 2.75 bits per heavy atom. The van der Waals surface area contributed by atoms with Crippen molar-refractivity contribution in [3.8, 4) is 0 Å². The number of hydrogen-bond acceptors (Lipinski definition) is 2. The molecule has 0 aliphatic heterocycles. The maximum Gasteiger partial charge on any atom is 0.204 e. The molecule has 3 N–H and O–H groups in total. The molecule has 1 aromatic carbocycles. The van der Waals surface area contributed by atoms with Crippen molar-refractivity contribution >= 4 is 17.4 Å². The Balaban J connectivity index is 0.000000213. The molecule has 1 heterocycles. The predicted octanol–water partition coefficient (Wildman–Crippen LogP) is 0.664. The molecule has 0 fully saturated rings. The van der Waals surface area contributed by atoms with Crippen molar-refractivity contribution in [1.29, 1.82) is 0 Å². The Bertz CT molecular complexity index is 326. The second-order valence-corrected chi connectivity index (χ2v) is 2.06. The molecule has 2 rings (SSSR count). The third-order valence-corrected chi connectivity index (χ3v) is 1.33. The lowest BCUT2D eigenvalue weighted by atomic mass is 10.3. The van der Waals surface area contributed by atoms with E-state index in [9.17, 15) is 0 Å². The highest BCUT2D eigenvalue weighted by atomic mass is 16.1. The van der Waals surface area contributed by atoms with Crippen molar-refractivity contribution in [3.05, 3.63) is 30.6 Å². The molecule has 4 heteroatoms. The Labute approximate surface area is 69.4 Å². The molecule has 0 bridgehead atoms. The van der Waals surface area contributed by atoms with Crippen LogP contribution in [-0.2, 0) is 4.79 Å². The average molecular weight is 163 g/mol. The van der Waals surface area contributed by atoms with Crippen LogP contribution in [0.1, 0.15) is 0 Å². The van der Waals surface area contributed by atoms with Crippen LogP contribution >= 0.6 is 0 Å². The van der Waals surface area contributed by atoms with E-state index in [1.165, 1.54) is 0 Å². The summed E-state index contributed by atoms with van der Waals surface area (Å²) in [7, 11) is 0. The molecule has 0 aliphatic carbocycles. The van der Waals surface area contributed by atoms with Crippen LogP contribution in [0.5, 0.6) is 0 Å². The molecule has 4 nitrogen and oxygen atoms in total. The van der Waals surface area contributed by atoms with Crippen LogP contribution in [-0.4, -0.2) is 16.4 Å². The molecule has 0 spiro atoms. The van der Waals surface area contributed by atoms with Crippen LogP contribution in [0.2, 0.25) is 0 Å². The van der Waals surface area contributed by atoms with Gasteiger partial charge >= 0.3 is 0 Å².